The molecule has 0 aliphatic carbocycles. The molecule has 5 heteroatoms. The molecule has 2 saturated heterocycles. The maximum absolute atomic E-state index is 12.2. The number of carbonyl (C=O) groups excluding carboxylic acids is 1. The first kappa shape index (κ1) is 13.2. The van der Waals surface area contributed by atoms with Crippen molar-refractivity contribution in [3.63, 3.8) is 0 Å². The number of carbonyl (C=O) groups is 1. The van der Waals surface area contributed by atoms with Crippen LogP contribution in [0.1, 0.15) is 26.7 Å². The zero-order chi connectivity index (χ0) is 12.5. The van der Waals surface area contributed by atoms with Crippen molar-refractivity contribution in [1.29, 1.82) is 0 Å². The van der Waals surface area contributed by atoms with E-state index in [9.17, 15) is 4.79 Å². The van der Waals surface area contributed by atoms with E-state index < -0.39 is 0 Å². The number of rotatable bonds is 2. The molecule has 2 fully saturated rings. The van der Waals surface area contributed by atoms with Crippen LogP contribution in [0.25, 0.3) is 0 Å². The van der Waals surface area contributed by atoms with Gasteiger partial charge in [0.15, 0.2) is 0 Å². The second-order valence-corrected chi connectivity index (χ2v) is 6.88. The number of thioether (sulfide) groups is 1. The van der Waals surface area contributed by atoms with Crippen LogP contribution in [0.5, 0.6) is 0 Å². The van der Waals surface area contributed by atoms with Gasteiger partial charge >= 0.3 is 0 Å². The Labute approximate surface area is 108 Å². The van der Waals surface area contributed by atoms with E-state index in [1.54, 1.807) is 0 Å². The highest BCUT2D eigenvalue weighted by atomic mass is 32.2. The maximum Gasteiger partial charge on any atom is 0.239 e. The summed E-state index contributed by atoms with van der Waals surface area (Å²) in [7, 11) is 0. The fraction of sp³-hybridized carbons (Fsp3) is 0.917. The second kappa shape index (κ2) is 5.16. The van der Waals surface area contributed by atoms with Crippen molar-refractivity contribution in [3.8, 4) is 0 Å². The van der Waals surface area contributed by atoms with E-state index in [1.807, 2.05) is 30.5 Å². The van der Waals surface area contributed by atoms with Crippen molar-refractivity contribution in [3.05, 3.63) is 0 Å². The molecule has 0 bridgehead atoms. The second-order valence-electron chi connectivity index (χ2n) is 5.40. The van der Waals surface area contributed by atoms with E-state index in [4.69, 9.17) is 5.73 Å². The van der Waals surface area contributed by atoms with Gasteiger partial charge in [0.05, 0.1) is 10.9 Å². The van der Waals surface area contributed by atoms with Gasteiger partial charge in [-0.1, -0.05) is 13.8 Å². The highest BCUT2D eigenvalue weighted by Gasteiger charge is 2.40. The third-order valence-electron chi connectivity index (χ3n) is 3.70. The third-order valence-corrected chi connectivity index (χ3v) is 5.14. The normalized spacial score (nSPS) is 31.2. The Morgan fingerprint density at radius 3 is 2.88 bits per heavy atom. The summed E-state index contributed by atoms with van der Waals surface area (Å²) in [5, 5.41) is 3.55. The van der Waals surface area contributed by atoms with Gasteiger partial charge in [-0.05, 0) is 18.8 Å². The predicted octanol–water partition coefficient (Wildman–Crippen LogP) is 0.625. The number of amides is 1. The standard InChI is InChI=1S/C12H23N3OS/c1-9(2)10(13)11(16)15-6-3-4-12(8-15)14-5-7-17-12/h9-10,14H,3-8,13H2,1-2H3/t10-,12?/m0/s1. The zero-order valence-corrected chi connectivity index (χ0v) is 11.6. The van der Waals surface area contributed by atoms with Crippen molar-refractivity contribution in [2.45, 2.75) is 37.6 Å². The molecule has 0 aromatic rings. The molecule has 0 saturated carbocycles. The number of nitrogens with one attached hydrogen (secondary N) is 1. The van der Waals surface area contributed by atoms with E-state index in [0.29, 0.717) is 0 Å². The van der Waals surface area contributed by atoms with E-state index in [-0.39, 0.29) is 22.7 Å². The number of likely N-dealkylation sites (tertiary alicyclic amines) is 1. The lowest BCUT2D eigenvalue weighted by molar-refractivity contribution is -0.135. The van der Waals surface area contributed by atoms with Crippen LogP contribution in [0.4, 0.5) is 0 Å². The van der Waals surface area contributed by atoms with E-state index in [0.717, 1.165) is 31.8 Å². The molecule has 2 aliphatic heterocycles. The van der Waals surface area contributed by atoms with Gasteiger partial charge in [-0.2, -0.15) is 0 Å². The summed E-state index contributed by atoms with van der Waals surface area (Å²) in [6.45, 7) is 6.75. The van der Waals surface area contributed by atoms with Gasteiger partial charge in [0.2, 0.25) is 5.91 Å². The van der Waals surface area contributed by atoms with Gasteiger partial charge in [-0.3, -0.25) is 4.79 Å². The molecule has 3 N–H and O–H groups in total. The Bertz CT molecular complexity index is 289. The first-order valence-corrected chi connectivity index (χ1v) is 7.46. The largest absolute Gasteiger partial charge is 0.339 e. The highest BCUT2D eigenvalue weighted by molar-refractivity contribution is 8.00. The average Bonchev–Trinajstić information content (AvgIpc) is 2.75. The summed E-state index contributed by atoms with van der Waals surface area (Å²) in [4.78, 5) is 14.3. The minimum absolute atomic E-state index is 0.116. The quantitative estimate of drug-likeness (QED) is 0.761. The summed E-state index contributed by atoms with van der Waals surface area (Å²) < 4.78 is 0. The van der Waals surface area contributed by atoms with Crippen LogP contribution in [-0.4, -0.2) is 47.1 Å². The SMILES string of the molecule is CC(C)[C@H](N)C(=O)N1CCCC2(C1)NCCS2. The van der Waals surface area contributed by atoms with Crippen molar-refractivity contribution in [1.82, 2.24) is 10.2 Å². The minimum atomic E-state index is -0.350. The molecule has 2 heterocycles. The molecule has 1 unspecified atom stereocenters. The Balaban J connectivity index is 1.99. The molecular weight excluding hydrogens is 234 g/mol. The van der Waals surface area contributed by atoms with E-state index in [1.165, 1.54) is 6.42 Å². The molecule has 0 aromatic heterocycles. The lowest BCUT2D eigenvalue weighted by Gasteiger charge is -2.41. The molecule has 17 heavy (non-hydrogen) atoms. The fourth-order valence-corrected chi connectivity index (χ4v) is 3.88. The van der Waals surface area contributed by atoms with Gasteiger partial charge in [0, 0.05) is 25.4 Å². The van der Waals surface area contributed by atoms with Gasteiger partial charge in [0.1, 0.15) is 0 Å². The van der Waals surface area contributed by atoms with Crippen LogP contribution in [0.2, 0.25) is 0 Å². The van der Waals surface area contributed by atoms with Crippen molar-refractivity contribution in [2.75, 3.05) is 25.4 Å². The Morgan fingerprint density at radius 2 is 2.29 bits per heavy atom. The van der Waals surface area contributed by atoms with Gasteiger partial charge in [-0.15, -0.1) is 11.8 Å². The van der Waals surface area contributed by atoms with E-state index in [2.05, 4.69) is 5.32 Å². The van der Waals surface area contributed by atoms with Gasteiger partial charge in [-0.25, -0.2) is 0 Å². The van der Waals surface area contributed by atoms with Crippen molar-refractivity contribution in [2.24, 2.45) is 11.7 Å². The number of hydrogen-bond donors (Lipinski definition) is 2. The summed E-state index contributed by atoms with van der Waals surface area (Å²) in [6.07, 6.45) is 2.24. The maximum atomic E-state index is 12.2. The first-order chi connectivity index (χ1) is 8.04. The summed E-state index contributed by atoms with van der Waals surface area (Å²) in [5.41, 5.74) is 5.96. The number of piperidine rings is 1. The fourth-order valence-electron chi connectivity index (χ4n) is 2.54. The number of nitrogens with two attached hydrogens (primary N) is 1. The molecule has 2 atom stereocenters. The molecule has 4 nitrogen and oxygen atoms in total. The third kappa shape index (κ3) is 2.77. The molecule has 0 aromatic carbocycles. The van der Waals surface area contributed by atoms with Crippen molar-refractivity contribution >= 4 is 17.7 Å². The van der Waals surface area contributed by atoms with Gasteiger partial charge < -0.3 is 16.0 Å². The molecule has 98 valence electrons. The topological polar surface area (TPSA) is 58.4 Å². The minimum Gasteiger partial charge on any atom is -0.339 e. The van der Waals surface area contributed by atoms with Crippen LogP contribution >= 0.6 is 11.8 Å². The van der Waals surface area contributed by atoms with Crippen LogP contribution in [-0.2, 0) is 4.79 Å². The lowest BCUT2D eigenvalue weighted by atomic mass is 10.00. The van der Waals surface area contributed by atoms with Crippen LogP contribution in [0.3, 0.4) is 0 Å². The average molecular weight is 257 g/mol. The summed E-state index contributed by atoms with van der Waals surface area (Å²) in [6, 6.07) is -0.350. The van der Waals surface area contributed by atoms with Crippen molar-refractivity contribution < 1.29 is 4.79 Å². The molecule has 1 amide bonds. The molecule has 2 rings (SSSR count). The number of nitrogens with zero attached hydrogens (tertiary/aromatic N) is 1. The highest BCUT2D eigenvalue weighted by Crippen LogP contribution is 2.35. The van der Waals surface area contributed by atoms with Crippen LogP contribution in [0.15, 0.2) is 0 Å². The lowest BCUT2D eigenvalue weighted by Crippen LogP contribution is -2.57. The Morgan fingerprint density at radius 1 is 1.53 bits per heavy atom. The molecule has 2 aliphatic rings. The Hall–Kier alpha value is -0.260. The predicted molar refractivity (Wildman–Crippen MR) is 71.8 cm³/mol. The zero-order valence-electron chi connectivity index (χ0n) is 10.7. The monoisotopic (exact) mass is 257 g/mol. The molecular formula is C12H23N3OS. The summed E-state index contributed by atoms with van der Waals surface area (Å²) >= 11 is 1.96. The first-order valence-electron chi connectivity index (χ1n) is 6.47. The molecule has 0 radical (unpaired) electrons. The smallest absolute Gasteiger partial charge is 0.239 e. The number of hydrogen-bond acceptors (Lipinski definition) is 4. The van der Waals surface area contributed by atoms with E-state index >= 15 is 0 Å². The Kier molecular flexibility index (Phi) is 4.00. The van der Waals surface area contributed by atoms with Crippen LogP contribution < -0.4 is 11.1 Å². The van der Waals surface area contributed by atoms with Gasteiger partial charge in [0.25, 0.3) is 0 Å². The van der Waals surface area contributed by atoms with Crippen LogP contribution in [0, 0.1) is 5.92 Å². The molecule has 1 spiro atoms. The summed E-state index contributed by atoms with van der Waals surface area (Å²) in [5.74, 6) is 1.48.